The fourth-order valence-electron chi connectivity index (χ4n) is 5.10. The van der Waals surface area contributed by atoms with Crippen molar-refractivity contribution in [1.82, 2.24) is 0 Å². The topological polar surface area (TPSA) is 46.2 Å². The molecule has 1 aromatic rings. The molecule has 2 aliphatic rings. The van der Waals surface area contributed by atoms with E-state index in [1.54, 1.807) is 0 Å². The van der Waals surface area contributed by atoms with Crippen LogP contribution in [0.2, 0.25) is 0 Å². The highest BCUT2D eigenvalue weighted by Crippen LogP contribution is 2.44. The van der Waals surface area contributed by atoms with E-state index in [0.29, 0.717) is 11.8 Å². The van der Waals surface area contributed by atoms with Crippen LogP contribution in [0.5, 0.6) is 0 Å². The summed E-state index contributed by atoms with van der Waals surface area (Å²) < 4.78 is 0. The maximum Gasteiger partial charge on any atom is 0.0857 e. The molecule has 0 amide bonds. The van der Waals surface area contributed by atoms with Crippen LogP contribution in [0.1, 0.15) is 69.8 Å². The van der Waals surface area contributed by atoms with Crippen LogP contribution in [0.25, 0.3) is 0 Å². The molecule has 3 rings (SSSR count). The van der Waals surface area contributed by atoms with Gasteiger partial charge < -0.3 is 10.8 Å². The Labute approximate surface area is 141 Å². The van der Waals surface area contributed by atoms with E-state index in [4.69, 9.17) is 5.73 Å². The predicted molar refractivity (Wildman–Crippen MR) is 96.2 cm³/mol. The van der Waals surface area contributed by atoms with Gasteiger partial charge in [0, 0.05) is 6.04 Å². The van der Waals surface area contributed by atoms with Gasteiger partial charge in [0.1, 0.15) is 0 Å². The zero-order chi connectivity index (χ0) is 16.1. The lowest BCUT2D eigenvalue weighted by Gasteiger charge is -2.49. The summed E-state index contributed by atoms with van der Waals surface area (Å²) in [5.74, 6) is 0.802. The largest absolute Gasteiger partial charge is 0.388 e. The van der Waals surface area contributed by atoms with Crippen molar-refractivity contribution in [3.8, 4) is 0 Å². The summed E-state index contributed by atoms with van der Waals surface area (Å²) in [4.78, 5) is 0. The van der Waals surface area contributed by atoms with E-state index in [0.717, 1.165) is 32.1 Å². The van der Waals surface area contributed by atoms with E-state index >= 15 is 0 Å². The summed E-state index contributed by atoms with van der Waals surface area (Å²) in [7, 11) is 0. The Morgan fingerprint density at radius 1 is 0.870 bits per heavy atom. The molecule has 2 aliphatic carbocycles. The third-order valence-corrected chi connectivity index (χ3v) is 6.41. The van der Waals surface area contributed by atoms with Gasteiger partial charge in [-0.15, -0.1) is 0 Å². The maximum absolute atomic E-state index is 11.9. The van der Waals surface area contributed by atoms with Crippen molar-refractivity contribution in [1.29, 1.82) is 0 Å². The average Bonchev–Trinajstić information content (AvgIpc) is 2.63. The molecule has 1 atom stereocenters. The monoisotopic (exact) mass is 315 g/mol. The van der Waals surface area contributed by atoms with Crippen molar-refractivity contribution in [2.45, 2.75) is 82.3 Å². The van der Waals surface area contributed by atoms with Crippen LogP contribution in [0.4, 0.5) is 0 Å². The molecule has 0 bridgehead atoms. The minimum Gasteiger partial charge on any atom is -0.388 e. The smallest absolute Gasteiger partial charge is 0.0857 e. The molecule has 2 nitrogen and oxygen atoms in total. The molecule has 0 spiro atoms. The Morgan fingerprint density at radius 2 is 1.35 bits per heavy atom. The van der Waals surface area contributed by atoms with Gasteiger partial charge in [-0.3, -0.25) is 0 Å². The third-order valence-electron chi connectivity index (χ3n) is 6.41. The van der Waals surface area contributed by atoms with Gasteiger partial charge in [-0.2, -0.15) is 0 Å². The molecule has 0 aliphatic heterocycles. The minimum absolute atomic E-state index is 0.143. The lowest BCUT2D eigenvalue weighted by Crippen LogP contribution is -2.59. The molecule has 0 aromatic heterocycles. The molecule has 23 heavy (non-hydrogen) atoms. The molecule has 0 saturated heterocycles. The molecule has 0 radical (unpaired) electrons. The van der Waals surface area contributed by atoms with Gasteiger partial charge in [-0.05, 0) is 49.5 Å². The predicted octanol–water partition coefficient (Wildman–Crippen LogP) is 4.45. The second-order valence-corrected chi connectivity index (χ2v) is 7.85. The SMILES string of the molecule is NC(Cc1ccccc1)C(O)(C1CCCCC1)C1CCCCC1. The molecule has 3 N–H and O–H groups in total. The molecule has 2 heteroatoms. The van der Waals surface area contributed by atoms with Crippen LogP contribution in [0, 0.1) is 11.8 Å². The number of benzene rings is 1. The molecule has 2 saturated carbocycles. The van der Waals surface area contributed by atoms with E-state index < -0.39 is 5.60 Å². The molecule has 128 valence electrons. The van der Waals surface area contributed by atoms with E-state index in [-0.39, 0.29) is 6.04 Å². The molecule has 1 aromatic carbocycles. The Balaban J connectivity index is 1.80. The van der Waals surface area contributed by atoms with Crippen LogP contribution in [0.15, 0.2) is 30.3 Å². The fraction of sp³-hybridized carbons (Fsp3) is 0.714. The van der Waals surface area contributed by atoms with Gasteiger partial charge in [0.25, 0.3) is 0 Å². The Kier molecular flexibility index (Phi) is 5.76. The van der Waals surface area contributed by atoms with Gasteiger partial charge in [-0.1, -0.05) is 68.9 Å². The molecule has 1 unspecified atom stereocenters. The summed E-state index contributed by atoms with van der Waals surface area (Å²) in [5.41, 5.74) is 7.28. The maximum atomic E-state index is 11.9. The first kappa shape index (κ1) is 17.0. The molecule has 2 fully saturated rings. The van der Waals surface area contributed by atoms with Crippen molar-refractivity contribution in [3.05, 3.63) is 35.9 Å². The summed E-state index contributed by atoms with van der Waals surface area (Å²) in [6.07, 6.45) is 13.1. The number of nitrogens with two attached hydrogens (primary N) is 1. The third kappa shape index (κ3) is 3.80. The number of rotatable bonds is 5. The number of aliphatic hydroxyl groups is 1. The molecule has 0 heterocycles. The van der Waals surface area contributed by atoms with Crippen LogP contribution in [-0.2, 0) is 6.42 Å². The van der Waals surface area contributed by atoms with Crippen LogP contribution in [0.3, 0.4) is 0 Å². The Morgan fingerprint density at radius 3 is 1.83 bits per heavy atom. The van der Waals surface area contributed by atoms with E-state index in [1.807, 2.05) is 6.07 Å². The van der Waals surface area contributed by atoms with Gasteiger partial charge >= 0.3 is 0 Å². The number of hydrogen-bond donors (Lipinski definition) is 2. The van der Waals surface area contributed by atoms with Crippen molar-refractivity contribution in [2.75, 3.05) is 0 Å². The van der Waals surface area contributed by atoms with Crippen molar-refractivity contribution >= 4 is 0 Å². The highest BCUT2D eigenvalue weighted by atomic mass is 16.3. The fourth-order valence-corrected chi connectivity index (χ4v) is 5.10. The first-order chi connectivity index (χ1) is 11.2. The highest BCUT2D eigenvalue weighted by Gasteiger charge is 2.48. The standard InChI is InChI=1S/C21H33NO/c22-20(16-17-10-4-1-5-11-17)21(23,18-12-6-2-7-13-18)19-14-8-3-9-15-19/h1,4-5,10-11,18-20,23H,2-3,6-9,12-16,22H2. The molecular formula is C21H33NO. The van der Waals surface area contributed by atoms with Crippen LogP contribution < -0.4 is 5.73 Å². The van der Waals surface area contributed by atoms with Crippen LogP contribution >= 0.6 is 0 Å². The Bertz CT molecular complexity index is 442. The second-order valence-electron chi connectivity index (χ2n) is 7.85. The van der Waals surface area contributed by atoms with Gasteiger partial charge in [0.15, 0.2) is 0 Å². The van der Waals surface area contributed by atoms with Crippen molar-refractivity contribution in [3.63, 3.8) is 0 Å². The Hall–Kier alpha value is -0.860. The van der Waals surface area contributed by atoms with Crippen molar-refractivity contribution < 1.29 is 5.11 Å². The lowest BCUT2D eigenvalue weighted by molar-refractivity contribution is -0.109. The highest BCUT2D eigenvalue weighted by molar-refractivity contribution is 5.18. The summed E-state index contributed by atoms with van der Waals surface area (Å²) >= 11 is 0. The summed E-state index contributed by atoms with van der Waals surface area (Å²) in [6, 6.07) is 10.3. The van der Waals surface area contributed by atoms with E-state index in [9.17, 15) is 5.11 Å². The average molecular weight is 316 g/mol. The second kappa shape index (κ2) is 7.81. The van der Waals surface area contributed by atoms with E-state index in [2.05, 4.69) is 24.3 Å². The van der Waals surface area contributed by atoms with Gasteiger partial charge in [0.05, 0.1) is 5.60 Å². The molecular weight excluding hydrogens is 282 g/mol. The number of hydrogen-bond acceptors (Lipinski definition) is 2. The quantitative estimate of drug-likeness (QED) is 0.843. The zero-order valence-electron chi connectivity index (χ0n) is 14.4. The lowest BCUT2D eigenvalue weighted by atomic mass is 9.62. The first-order valence-corrected chi connectivity index (χ1v) is 9.73. The normalized spacial score (nSPS) is 22.9. The van der Waals surface area contributed by atoms with Gasteiger partial charge in [-0.25, -0.2) is 0 Å². The van der Waals surface area contributed by atoms with Gasteiger partial charge in [0.2, 0.25) is 0 Å². The minimum atomic E-state index is -0.670. The van der Waals surface area contributed by atoms with Crippen molar-refractivity contribution in [2.24, 2.45) is 17.6 Å². The summed E-state index contributed by atoms with van der Waals surface area (Å²) in [6.45, 7) is 0. The first-order valence-electron chi connectivity index (χ1n) is 9.73. The van der Waals surface area contributed by atoms with Crippen LogP contribution in [-0.4, -0.2) is 16.7 Å². The zero-order valence-corrected chi connectivity index (χ0v) is 14.4. The summed E-state index contributed by atoms with van der Waals surface area (Å²) in [5, 5.41) is 11.9. The van der Waals surface area contributed by atoms with E-state index in [1.165, 1.54) is 44.1 Å².